The number of pyridine rings is 1. The van der Waals surface area contributed by atoms with Crippen LogP contribution in [0.2, 0.25) is 0 Å². The Morgan fingerprint density at radius 2 is 2.08 bits per heavy atom. The zero-order chi connectivity index (χ0) is 17.1. The van der Waals surface area contributed by atoms with E-state index in [0.717, 1.165) is 24.1 Å². The van der Waals surface area contributed by atoms with Gasteiger partial charge in [0.2, 0.25) is 0 Å². The Labute approximate surface area is 139 Å². The number of fused-ring (bicyclic) bond motifs is 1. The molecule has 0 fully saturated rings. The number of unbranched alkanes of at least 4 members (excludes halogenated alkanes) is 1. The second-order valence-electron chi connectivity index (χ2n) is 5.57. The number of aryl methyl sites for hydroxylation is 1. The van der Waals surface area contributed by atoms with Crippen LogP contribution in [0.5, 0.6) is 12.0 Å². The molecule has 8 heteroatoms. The lowest BCUT2D eigenvalue weighted by molar-refractivity contribution is 0.286. The van der Waals surface area contributed by atoms with Gasteiger partial charge >= 0.3 is 6.01 Å². The topological polar surface area (TPSA) is 112 Å². The van der Waals surface area contributed by atoms with Crippen molar-refractivity contribution in [3.63, 3.8) is 0 Å². The molecule has 0 unspecified atom stereocenters. The van der Waals surface area contributed by atoms with Crippen molar-refractivity contribution in [2.45, 2.75) is 33.2 Å². The van der Waals surface area contributed by atoms with Crippen LogP contribution in [0.1, 0.15) is 31.0 Å². The van der Waals surface area contributed by atoms with Crippen LogP contribution in [0.3, 0.4) is 0 Å². The fourth-order valence-electron chi connectivity index (χ4n) is 2.28. The van der Waals surface area contributed by atoms with Gasteiger partial charge in [0.15, 0.2) is 17.0 Å². The first-order valence-corrected chi connectivity index (χ1v) is 7.85. The third kappa shape index (κ3) is 3.22. The van der Waals surface area contributed by atoms with Gasteiger partial charge in [-0.3, -0.25) is 9.55 Å². The zero-order valence-electron chi connectivity index (χ0n) is 13.7. The molecule has 0 spiro atoms. The summed E-state index contributed by atoms with van der Waals surface area (Å²) in [5.41, 5.74) is 8.57. The number of ether oxygens (including phenoxy) is 1. The van der Waals surface area contributed by atoms with E-state index in [9.17, 15) is 5.11 Å². The fourth-order valence-corrected chi connectivity index (χ4v) is 2.28. The molecular weight excluding hydrogens is 308 g/mol. The number of rotatable bonds is 6. The molecule has 3 aromatic rings. The van der Waals surface area contributed by atoms with Crippen molar-refractivity contribution in [3.8, 4) is 12.0 Å². The first-order valence-electron chi connectivity index (χ1n) is 7.85. The highest BCUT2D eigenvalue weighted by atomic mass is 16.5. The van der Waals surface area contributed by atoms with Crippen LogP contribution in [-0.2, 0) is 6.54 Å². The van der Waals surface area contributed by atoms with Crippen molar-refractivity contribution < 1.29 is 9.84 Å². The van der Waals surface area contributed by atoms with Gasteiger partial charge < -0.3 is 15.6 Å². The van der Waals surface area contributed by atoms with E-state index in [1.807, 2.05) is 19.1 Å². The minimum absolute atomic E-state index is 0.169. The first kappa shape index (κ1) is 16.0. The van der Waals surface area contributed by atoms with Crippen LogP contribution in [0.15, 0.2) is 18.3 Å². The Hall–Kier alpha value is -2.90. The molecule has 0 bridgehead atoms. The van der Waals surface area contributed by atoms with Crippen molar-refractivity contribution in [1.82, 2.24) is 24.5 Å². The predicted molar refractivity (Wildman–Crippen MR) is 89.9 cm³/mol. The SMILES string of the molecule is CCCCOc1nc(N)c2nc(O)n(Cc3ccc(C)nc3)c2n1. The monoisotopic (exact) mass is 328 g/mol. The van der Waals surface area contributed by atoms with E-state index in [2.05, 4.69) is 26.9 Å². The van der Waals surface area contributed by atoms with E-state index in [0.29, 0.717) is 24.3 Å². The van der Waals surface area contributed by atoms with E-state index >= 15 is 0 Å². The maximum absolute atomic E-state index is 10.1. The third-order valence-electron chi connectivity index (χ3n) is 3.62. The van der Waals surface area contributed by atoms with Gasteiger partial charge in [0.25, 0.3) is 6.01 Å². The summed E-state index contributed by atoms with van der Waals surface area (Å²) < 4.78 is 7.09. The molecule has 3 rings (SSSR count). The van der Waals surface area contributed by atoms with Gasteiger partial charge in [0.05, 0.1) is 13.2 Å². The summed E-state index contributed by atoms with van der Waals surface area (Å²) in [6.07, 6.45) is 3.67. The van der Waals surface area contributed by atoms with Crippen LogP contribution in [0, 0.1) is 6.92 Å². The molecule has 8 nitrogen and oxygen atoms in total. The Balaban J connectivity index is 1.96. The molecule has 3 aromatic heterocycles. The van der Waals surface area contributed by atoms with Gasteiger partial charge in [-0.25, -0.2) is 0 Å². The summed E-state index contributed by atoms with van der Waals surface area (Å²) >= 11 is 0. The molecule has 3 heterocycles. The smallest absolute Gasteiger partial charge is 0.320 e. The largest absolute Gasteiger partial charge is 0.480 e. The van der Waals surface area contributed by atoms with Crippen LogP contribution in [0.25, 0.3) is 11.2 Å². The number of nitrogens with zero attached hydrogens (tertiary/aromatic N) is 5. The summed E-state index contributed by atoms with van der Waals surface area (Å²) in [5, 5.41) is 10.1. The van der Waals surface area contributed by atoms with E-state index in [1.54, 1.807) is 10.8 Å². The standard InChI is InChI=1S/C16H20N6O2/c1-3-4-7-24-15-20-13(17)12-14(21-15)22(16(23)19-12)9-11-6-5-10(2)18-8-11/h5-6,8H,3-4,7,9H2,1-2H3,(H,19,23)(H2,17,20,21). The highest BCUT2D eigenvalue weighted by molar-refractivity contribution is 5.83. The molecule has 0 aromatic carbocycles. The number of anilines is 1. The first-order chi connectivity index (χ1) is 11.6. The molecule has 0 aliphatic rings. The minimum Gasteiger partial charge on any atom is -0.480 e. The quantitative estimate of drug-likeness (QED) is 0.666. The normalized spacial score (nSPS) is 11.1. The summed E-state index contributed by atoms with van der Waals surface area (Å²) in [6, 6.07) is 3.87. The van der Waals surface area contributed by atoms with Gasteiger partial charge in [0.1, 0.15) is 0 Å². The maximum atomic E-state index is 10.1. The van der Waals surface area contributed by atoms with Gasteiger partial charge in [-0.2, -0.15) is 15.0 Å². The molecule has 0 atom stereocenters. The summed E-state index contributed by atoms with van der Waals surface area (Å²) in [7, 11) is 0. The van der Waals surface area contributed by atoms with Crippen molar-refractivity contribution in [3.05, 3.63) is 29.6 Å². The number of nitrogens with two attached hydrogens (primary N) is 1. The van der Waals surface area contributed by atoms with E-state index in [1.165, 1.54) is 0 Å². The Kier molecular flexibility index (Phi) is 4.45. The van der Waals surface area contributed by atoms with Crippen LogP contribution in [-0.4, -0.2) is 36.2 Å². The highest BCUT2D eigenvalue weighted by Gasteiger charge is 2.17. The molecule has 24 heavy (non-hydrogen) atoms. The van der Waals surface area contributed by atoms with Gasteiger partial charge in [-0.1, -0.05) is 19.4 Å². The maximum Gasteiger partial charge on any atom is 0.320 e. The molecule has 0 saturated carbocycles. The molecular formula is C16H20N6O2. The lowest BCUT2D eigenvalue weighted by Crippen LogP contribution is -2.06. The number of hydrogen-bond donors (Lipinski definition) is 2. The van der Waals surface area contributed by atoms with Crippen molar-refractivity contribution in [1.29, 1.82) is 0 Å². The summed E-state index contributed by atoms with van der Waals surface area (Å²) in [4.78, 5) is 16.8. The van der Waals surface area contributed by atoms with Gasteiger partial charge in [-0.05, 0) is 25.0 Å². The van der Waals surface area contributed by atoms with Crippen LogP contribution >= 0.6 is 0 Å². The molecule has 3 N–H and O–H groups in total. The van der Waals surface area contributed by atoms with Crippen molar-refractivity contribution in [2.75, 3.05) is 12.3 Å². The van der Waals surface area contributed by atoms with Crippen molar-refractivity contribution in [2.24, 2.45) is 0 Å². The number of aromatic hydroxyl groups is 1. The molecule has 0 saturated heterocycles. The second-order valence-corrected chi connectivity index (χ2v) is 5.57. The molecule has 0 aliphatic heterocycles. The van der Waals surface area contributed by atoms with E-state index < -0.39 is 0 Å². The molecule has 0 aliphatic carbocycles. The van der Waals surface area contributed by atoms with Crippen molar-refractivity contribution >= 4 is 17.0 Å². The number of nitrogen functional groups attached to an aromatic ring is 1. The molecule has 0 radical (unpaired) electrons. The third-order valence-corrected chi connectivity index (χ3v) is 3.62. The Morgan fingerprint density at radius 1 is 1.25 bits per heavy atom. The van der Waals surface area contributed by atoms with E-state index in [4.69, 9.17) is 10.5 Å². The minimum atomic E-state index is -0.169. The second kappa shape index (κ2) is 6.69. The molecule has 0 amide bonds. The fraction of sp³-hybridized carbons (Fsp3) is 0.375. The Bertz CT molecular complexity index is 844. The average Bonchev–Trinajstić information content (AvgIpc) is 2.87. The van der Waals surface area contributed by atoms with Crippen LogP contribution < -0.4 is 10.5 Å². The average molecular weight is 328 g/mol. The van der Waals surface area contributed by atoms with Crippen LogP contribution in [0.4, 0.5) is 5.82 Å². The number of aromatic nitrogens is 5. The number of hydrogen-bond acceptors (Lipinski definition) is 7. The lowest BCUT2D eigenvalue weighted by Gasteiger charge is -2.07. The Morgan fingerprint density at radius 3 is 2.79 bits per heavy atom. The molecule has 126 valence electrons. The predicted octanol–water partition coefficient (Wildman–Crippen LogP) is 2.04. The summed E-state index contributed by atoms with van der Waals surface area (Å²) in [5.74, 6) is 0.183. The zero-order valence-corrected chi connectivity index (χ0v) is 13.7. The summed E-state index contributed by atoms with van der Waals surface area (Å²) in [6.45, 7) is 4.89. The highest BCUT2D eigenvalue weighted by Crippen LogP contribution is 2.25. The number of imidazole rings is 1. The lowest BCUT2D eigenvalue weighted by atomic mass is 10.2. The van der Waals surface area contributed by atoms with E-state index in [-0.39, 0.29) is 17.8 Å². The van der Waals surface area contributed by atoms with Gasteiger partial charge in [0, 0.05) is 11.9 Å². The van der Waals surface area contributed by atoms with Gasteiger partial charge in [-0.15, -0.1) is 0 Å².